The lowest BCUT2D eigenvalue weighted by Crippen LogP contribution is -2.01. The molecule has 0 saturated carbocycles. The van der Waals surface area contributed by atoms with Gasteiger partial charge in [-0.1, -0.05) is 51.5 Å². The number of hydrogen-bond acceptors (Lipinski definition) is 2. The van der Waals surface area contributed by atoms with Gasteiger partial charge in [-0.2, -0.15) is 4.39 Å². The van der Waals surface area contributed by atoms with E-state index in [0.717, 1.165) is 25.7 Å². The zero-order valence-electron chi connectivity index (χ0n) is 16.2. The highest BCUT2D eigenvalue weighted by Crippen LogP contribution is 2.22. The van der Waals surface area contributed by atoms with Gasteiger partial charge in [0.05, 0.1) is 12.2 Å². The van der Waals surface area contributed by atoms with Gasteiger partial charge in [0.2, 0.25) is 5.82 Å². The molecule has 0 N–H and O–H groups in total. The van der Waals surface area contributed by atoms with E-state index in [-0.39, 0.29) is 11.3 Å². The van der Waals surface area contributed by atoms with Crippen molar-refractivity contribution >= 4 is 0 Å². The Balaban J connectivity index is 2.01. The molecule has 0 aliphatic rings. The highest BCUT2D eigenvalue weighted by atomic mass is 19.2. The summed E-state index contributed by atoms with van der Waals surface area (Å²) in [5, 5.41) is 0. The third kappa shape index (κ3) is 6.67. The maximum atomic E-state index is 14.2. The van der Waals surface area contributed by atoms with Crippen LogP contribution in [-0.2, 0) is 6.42 Å². The van der Waals surface area contributed by atoms with Gasteiger partial charge in [-0.15, -0.1) is 0 Å². The van der Waals surface area contributed by atoms with Crippen molar-refractivity contribution in [3.05, 3.63) is 58.9 Å². The molecular weight excluding hydrogens is 344 g/mol. The lowest BCUT2D eigenvalue weighted by Gasteiger charge is -2.07. The number of pyridine rings is 1. The molecule has 144 valence electrons. The summed E-state index contributed by atoms with van der Waals surface area (Å²) in [7, 11) is 0. The summed E-state index contributed by atoms with van der Waals surface area (Å²) in [6, 6.07) is 6.67. The highest BCUT2D eigenvalue weighted by Gasteiger charge is 2.13. The van der Waals surface area contributed by atoms with Crippen molar-refractivity contribution in [1.29, 1.82) is 0 Å². The van der Waals surface area contributed by atoms with Crippen LogP contribution in [0.5, 0.6) is 5.75 Å². The van der Waals surface area contributed by atoms with Crippen molar-refractivity contribution in [3.63, 3.8) is 0 Å². The zero-order chi connectivity index (χ0) is 19.5. The average molecular weight is 371 g/mol. The Kier molecular flexibility index (Phi) is 8.77. The van der Waals surface area contributed by atoms with Gasteiger partial charge in [0.15, 0.2) is 11.6 Å². The van der Waals surface area contributed by atoms with Gasteiger partial charge >= 0.3 is 0 Å². The lowest BCUT2D eigenvalue weighted by molar-refractivity contribution is 0.288. The number of unbranched alkanes of at least 4 members (excludes halogenated alkanes) is 4. The molecule has 1 aromatic heterocycles. The Morgan fingerprint density at radius 1 is 0.889 bits per heavy atom. The Morgan fingerprint density at radius 2 is 1.70 bits per heavy atom. The van der Waals surface area contributed by atoms with Crippen LogP contribution in [0, 0.1) is 23.5 Å². The van der Waals surface area contributed by atoms with E-state index in [1.165, 1.54) is 37.0 Å². The van der Waals surface area contributed by atoms with Crippen LogP contribution in [0.3, 0.4) is 0 Å². The molecule has 1 heterocycles. The summed E-state index contributed by atoms with van der Waals surface area (Å²) in [6.45, 7) is 4.56. The van der Waals surface area contributed by atoms with Crippen LogP contribution in [0.4, 0.5) is 8.78 Å². The van der Waals surface area contributed by atoms with Gasteiger partial charge in [0.1, 0.15) is 5.69 Å². The third-order valence-electron chi connectivity index (χ3n) is 4.27. The predicted molar refractivity (Wildman–Crippen MR) is 105 cm³/mol. The molecule has 0 aliphatic heterocycles. The van der Waals surface area contributed by atoms with Crippen molar-refractivity contribution in [3.8, 4) is 17.6 Å². The second kappa shape index (κ2) is 11.3. The molecule has 0 atom stereocenters. The van der Waals surface area contributed by atoms with E-state index in [2.05, 4.69) is 23.7 Å². The number of rotatable bonds is 9. The van der Waals surface area contributed by atoms with Gasteiger partial charge in [0, 0.05) is 6.20 Å². The summed E-state index contributed by atoms with van der Waals surface area (Å²) < 4.78 is 33.5. The molecule has 0 bridgehead atoms. The number of ether oxygens (including phenoxy) is 1. The number of nitrogens with zero attached hydrogens (tertiary/aromatic N) is 1. The molecule has 0 spiro atoms. The van der Waals surface area contributed by atoms with Gasteiger partial charge in [-0.3, -0.25) is 0 Å². The number of halogens is 2. The van der Waals surface area contributed by atoms with Crippen LogP contribution >= 0.6 is 0 Å². The fourth-order valence-electron chi connectivity index (χ4n) is 2.60. The molecule has 0 saturated heterocycles. The van der Waals surface area contributed by atoms with E-state index >= 15 is 0 Å². The van der Waals surface area contributed by atoms with E-state index in [4.69, 9.17) is 4.74 Å². The van der Waals surface area contributed by atoms with Gasteiger partial charge in [0.25, 0.3) is 0 Å². The minimum absolute atomic E-state index is 0.000726. The Hall–Kier alpha value is -2.41. The number of aromatic nitrogens is 1. The predicted octanol–water partition coefficient (Wildman–Crippen LogP) is 6.06. The highest BCUT2D eigenvalue weighted by molar-refractivity contribution is 5.44. The Bertz CT molecular complexity index is 775. The first-order valence-corrected chi connectivity index (χ1v) is 9.73. The van der Waals surface area contributed by atoms with Crippen LogP contribution in [0.2, 0.25) is 0 Å². The van der Waals surface area contributed by atoms with E-state index in [1.54, 1.807) is 6.20 Å². The quantitative estimate of drug-likeness (QED) is 0.395. The molecule has 0 fully saturated rings. The number of hydrogen-bond donors (Lipinski definition) is 0. The first kappa shape index (κ1) is 20.9. The Morgan fingerprint density at radius 3 is 2.41 bits per heavy atom. The maximum absolute atomic E-state index is 14.2. The molecule has 0 unspecified atom stereocenters. The molecule has 0 amide bonds. The Labute approximate surface area is 161 Å². The van der Waals surface area contributed by atoms with Crippen LogP contribution in [0.15, 0.2) is 30.5 Å². The SMILES string of the molecule is CCCCCCc1ccc(C#Cc2ccc(OCCCC)c(F)c2F)nc1. The van der Waals surface area contributed by atoms with Crippen molar-refractivity contribution in [2.24, 2.45) is 0 Å². The van der Waals surface area contributed by atoms with E-state index in [9.17, 15) is 8.78 Å². The molecule has 27 heavy (non-hydrogen) atoms. The summed E-state index contributed by atoms with van der Waals surface area (Å²) in [6.07, 6.45) is 9.37. The molecule has 2 nitrogen and oxygen atoms in total. The molecule has 2 aromatic rings. The molecule has 4 heteroatoms. The standard InChI is InChI=1S/C23H27F2NO/c1-3-5-7-8-9-18-10-13-20(26-17-18)14-11-19-12-15-21(23(25)22(19)24)27-16-6-4-2/h10,12-13,15,17H,3-9,16H2,1-2H3. The monoisotopic (exact) mass is 371 g/mol. The summed E-state index contributed by atoms with van der Waals surface area (Å²) in [4.78, 5) is 4.30. The molecule has 2 rings (SSSR count). The summed E-state index contributed by atoms with van der Waals surface area (Å²) in [5.74, 6) is 3.41. The average Bonchev–Trinajstić information content (AvgIpc) is 2.69. The second-order valence-corrected chi connectivity index (χ2v) is 6.55. The topological polar surface area (TPSA) is 22.1 Å². The summed E-state index contributed by atoms with van der Waals surface area (Å²) in [5.41, 5.74) is 1.71. The fraction of sp³-hybridized carbons (Fsp3) is 0.435. The fourth-order valence-corrected chi connectivity index (χ4v) is 2.60. The smallest absolute Gasteiger partial charge is 0.201 e. The van der Waals surface area contributed by atoms with Crippen molar-refractivity contribution < 1.29 is 13.5 Å². The molecule has 0 radical (unpaired) electrons. The van der Waals surface area contributed by atoms with Gasteiger partial charge < -0.3 is 4.74 Å². The number of benzene rings is 1. The normalized spacial score (nSPS) is 10.4. The maximum Gasteiger partial charge on any atom is 0.201 e. The van der Waals surface area contributed by atoms with E-state index < -0.39 is 11.6 Å². The lowest BCUT2D eigenvalue weighted by atomic mass is 10.1. The van der Waals surface area contributed by atoms with Crippen molar-refractivity contribution in [1.82, 2.24) is 4.98 Å². The van der Waals surface area contributed by atoms with E-state index in [0.29, 0.717) is 12.3 Å². The zero-order valence-corrected chi connectivity index (χ0v) is 16.2. The minimum Gasteiger partial charge on any atom is -0.490 e. The van der Waals surface area contributed by atoms with Crippen molar-refractivity contribution in [2.45, 2.75) is 58.8 Å². The van der Waals surface area contributed by atoms with Crippen molar-refractivity contribution in [2.75, 3.05) is 6.61 Å². The number of aryl methyl sites for hydroxylation is 1. The minimum atomic E-state index is -0.992. The van der Waals surface area contributed by atoms with Gasteiger partial charge in [-0.05, 0) is 48.9 Å². The van der Waals surface area contributed by atoms with E-state index in [1.807, 2.05) is 19.1 Å². The first-order chi connectivity index (χ1) is 13.2. The van der Waals surface area contributed by atoms with Crippen LogP contribution < -0.4 is 4.74 Å². The van der Waals surface area contributed by atoms with Crippen LogP contribution in [0.25, 0.3) is 0 Å². The molecule has 0 aliphatic carbocycles. The van der Waals surface area contributed by atoms with Crippen LogP contribution in [-0.4, -0.2) is 11.6 Å². The van der Waals surface area contributed by atoms with Gasteiger partial charge in [-0.25, -0.2) is 9.37 Å². The summed E-state index contributed by atoms with van der Waals surface area (Å²) >= 11 is 0. The molecular formula is C23H27F2NO. The first-order valence-electron chi connectivity index (χ1n) is 9.73. The largest absolute Gasteiger partial charge is 0.490 e. The third-order valence-corrected chi connectivity index (χ3v) is 4.27. The molecule has 1 aromatic carbocycles. The van der Waals surface area contributed by atoms with Crippen LogP contribution in [0.1, 0.15) is 69.2 Å². The second-order valence-electron chi connectivity index (χ2n) is 6.55.